The predicted octanol–water partition coefficient (Wildman–Crippen LogP) is 3.03. The molecular formula is C24H20N8O. The molecule has 0 atom stereocenters. The first-order valence-electron chi connectivity index (χ1n) is 10.3. The van der Waals surface area contributed by atoms with Gasteiger partial charge in [-0.3, -0.25) is 10.0 Å². The Hall–Kier alpha value is -4.55. The molecule has 0 saturated carbocycles. The lowest BCUT2D eigenvalue weighted by Crippen LogP contribution is -2.30. The largest absolute Gasteiger partial charge is 0.487 e. The number of ether oxygens (including phenoxy) is 1. The molecule has 1 aliphatic rings. The third-order valence-corrected chi connectivity index (χ3v) is 4.97. The van der Waals surface area contributed by atoms with Gasteiger partial charge in [0.25, 0.3) is 0 Å². The van der Waals surface area contributed by atoms with Crippen molar-refractivity contribution in [2.24, 2.45) is 4.99 Å². The van der Waals surface area contributed by atoms with Crippen molar-refractivity contribution in [3.8, 4) is 18.1 Å². The molecule has 0 amide bonds. The van der Waals surface area contributed by atoms with Crippen molar-refractivity contribution in [1.29, 1.82) is 0 Å². The van der Waals surface area contributed by atoms with Gasteiger partial charge < -0.3 is 10.1 Å². The molecule has 0 radical (unpaired) electrons. The molecule has 0 bridgehead atoms. The van der Waals surface area contributed by atoms with Crippen molar-refractivity contribution < 1.29 is 4.74 Å². The molecule has 2 N–H and O–H groups in total. The molecular weight excluding hydrogens is 416 g/mol. The number of nitrogens with one attached hydrogen (secondary N) is 2. The van der Waals surface area contributed by atoms with Crippen LogP contribution in [-0.2, 0) is 13.2 Å². The van der Waals surface area contributed by atoms with Gasteiger partial charge in [-0.05, 0) is 23.8 Å². The van der Waals surface area contributed by atoms with Crippen LogP contribution in [0.25, 0.3) is 10.9 Å². The van der Waals surface area contributed by atoms with Crippen LogP contribution in [0.5, 0.6) is 5.75 Å². The summed E-state index contributed by atoms with van der Waals surface area (Å²) in [6.45, 7) is 1.62. The van der Waals surface area contributed by atoms with Crippen LogP contribution in [0.15, 0.2) is 66.3 Å². The van der Waals surface area contributed by atoms with Gasteiger partial charge in [0, 0.05) is 41.3 Å². The molecule has 0 aliphatic carbocycles. The number of benzene rings is 2. The second kappa shape index (κ2) is 9.30. The molecule has 4 aromatic rings. The highest BCUT2D eigenvalue weighted by Gasteiger charge is 2.10. The van der Waals surface area contributed by atoms with Crippen LogP contribution in [0, 0.1) is 12.3 Å². The van der Waals surface area contributed by atoms with Crippen molar-refractivity contribution in [2.45, 2.75) is 13.2 Å². The first-order chi connectivity index (χ1) is 16.3. The topological polar surface area (TPSA) is 100 Å². The van der Waals surface area contributed by atoms with Gasteiger partial charge >= 0.3 is 0 Å². The molecule has 0 saturated heterocycles. The van der Waals surface area contributed by atoms with E-state index in [0.29, 0.717) is 37.1 Å². The molecule has 5 rings (SSSR count). The number of fused-ring (bicyclic) bond motifs is 1. The summed E-state index contributed by atoms with van der Waals surface area (Å²) in [6.07, 6.45) is 14.1. The Morgan fingerprint density at radius 2 is 2.03 bits per heavy atom. The minimum Gasteiger partial charge on any atom is -0.487 e. The molecule has 2 aromatic carbocycles. The third-order valence-electron chi connectivity index (χ3n) is 4.97. The van der Waals surface area contributed by atoms with Crippen molar-refractivity contribution in [3.63, 3.8) is 0 Å². The second-order valence-corrected chi connectivity index (χ2v) is 7.35. The average molecular weight is 436 g/mol. The molecule has 0 unspecified atom stereocenters. The minimum absolute atomic E-state index is 0.306. The first kappa shape index (κ1) is 20.4. The van der Waals surface area contributed by atoms with E-state index in [2.05, 4.69) is 53.7 Å². The van der Waals surface area contributed by atoms with Crippen molar-refractivity contribution in [3.05, 3.63) is 78.0 Å². The van der Waals surface area contributed by atoms with Crippen LogP contribution in [-0.4, -0.2) is 38.0 Å². The third kappa shape index (κ3) is 4.87. The zero-order valence-electron chi connectivity index (χ0n) is 17.6. The maximum Gasteiger partial charge on any atom is 0.227 e. The number of aliphatic imine (C=N–C) groups is 1. The van der Waals surface area contributed by atoms with E-state index >= 15 is 0 Å². The Morgan fingerprint density at radius 3 is 2.85 bits per heavy atom. The van der Waals surface area contributed by atoms with Crippen LogP contribution in [0.3, 0.4) is 0 Å². The minimum atomic E-state index is 0.306. The SMILES string of the molecule is C#Cc1cc2cnc(Nc3cccc(CN4C=NCN4)c3)nc2cc1OCc1cncnc1. The maximum atomic E-state index is 5.93. The monoisotopic (exact) mass is 436 g/mol. The molecule has 3 heterocycles. The lowest BCUT2D eigenvalue weighted by Gasteiger charge is -2.15. The van der Waals surface area contributed by atoms with Crippen LogP contribution >= 0.6 is 0 Å². The van der Waals surface area contributed by atoms with Gasteiger partial charge in [-0.1, -0.05) is 18.1 Å². The summed E-state index contributed by atoms with van der Waals surface area (Å²) >= 11 is 0. The van der Waals surface area contributed by atoms with E-state index in [1.54, 1.807) is 24.9 Å². The molecule has 162 valence electrons. The van der Waals surface area contributed by atoms with E-state index in [1.165, 1.54) is 6.33 Å². The zero-order valence-corrected chi connectivity index (χ0v) is 17.6. The van der Waals surface area contributed by atoms with E-state index in [4.69, 9.17) is 11.2 Å². The summed E-state index contributed by atoms with van der Waals surface area (Å²) in [7, 11) is 0. The highest BCUT2D eigenvalue weighted by molar-refractivity contribution is 5.83. The van der Waals surface area contributed by atoms with E-state index in [1.807, 2.05) is 29.3 Å². The molecule has 0 fully saturated rings. The Bertz CT molecular complexity index is 1350. The highest BCUT2D eigenvalue weighted by Crippen LogP contribution is 2.26. The summed E-state index contributed by atoms with van der Waals surface area (Å²) in [4.78, 5) is 21.3. The van der Waals surface area contributed by atoms with E-state index in [-0.39, 0.29) is 0 Å². The fourth-order valence-corrected chi connectivity index (χ4v) is 3.40. The van der Waals surface area contributed by atoms with Crippen molar-refractivity contribution in [2.75, 3.05) is 12.0 Å². The number of aromatic nitrogens is 4. The van der Waals surface area contributed by atoms with Gasteiger partial charge in [0.05, 0.1) is 17.6 Å². The Kier molecular flexibility index (Phi) is 5.74. The normalized spacial score (nSPS) is 12.6. The van der Waals surface area contributed by atoms with E-state index in [0.717, 1.165) is 27.7 Å². The summed E-state index contributed by atoms with van der Waals surface area (Å²) in [6, 6.07) is 11.8. The van der Waals surface area contributed by atoms with Gasteiger partial charge in [-0.15, -0.1) is 6.42 Å². The van der Waals surface area contributed by atoms with Gasteiger partial charge in [0.15, 0.2) is 0 Å². The first-order valence-corrected chi connectivity index (χ1v) is 10.3. The smallest absolute Gasteiger partial charge is 0.227 e. The predicted molar refractivity (Wildman–Crippen MR) is 126 cm³/mol. The van der Waals surface area contributed by atoms with Crippen LogP contribution in [0.4, 0.5) is 11.6 Å². The number of hydrogen-bond donors (Lipinski definition) is 2. The Morgan fingerprint density at radius 1 is 1.12 bits per heavy atom. The standard InChI is InChI=1S/C24H20N8O/c1-2-19-7-20-11-28-24(30-21-5-3-4-17(6-21)12-32-16-27-15-29-32)31-22(20)8-23(19)33-13-18-9-25-14-26-10-18/h1,3-11,14,16,29H,12-13,15H2,(H,28,30,31). The molecule has 1 aliphatic heterocycles. The lowest BCUT2D eigenvalue weighted by atomic mass is 10.1. The summed E-state index contributed by atoms with van der Waals surface area (Å²) < 4.78 is 5.93. The van der Waals surface area contributed by atoms with E-state index < -0.39 is 0 Å². The number of anilines is 2. The van der Waals surface area contributed by atoms with Gasteiger partial charge in [-0.2, -0.15) is 0 Å². The van der Waals surface area contributed by atoms with Gasteiger partial charge in [0.1, 0.15) is 31.7 Å². The van der Waals surface area contributed by atoms with E-state index in [9.17, 15) is 0 Å². The quantitative estimate of drug-likeness (QED) is 0.427. The lowest BCUT2D eigenvalue weighted by molar-refractivity contribution is 0.305. The summed E-state index contributed by atoms with van der Waals surface area (Å²) in [5.74, 6) is 3.72. The number of hydrazine groups is 1. The number of rotatable bonds is 7. The highest BCUT2D eigenvalue weighted by atomic mass is 16.5. The summed E-state index contributed by atoms with van der Waals surface area (Å²) in [5, 5.41) is 6.05. The second-order valence-electron chi connectivity index (χ2n) is 7.35. The van der Waals surface area contributed by atoms with Gasteiger partial charge in [0.2, 0.25) is 5.95 Å². The number of nitrogens with zero attached hydrogens (tertiary/aromatic N) is 6. The van der Waals surface area contributed by atoms with Crippen molar-refractivity contribution in [1.82, 2.24) is 30.4 Å². The molecule has 9 heteroatoms. The van der Waals surface area contributed by atoms with Crippen LogP contribution < -0.4 is 15.5 Å². The Labute approximate surface area is 190 Å². The van der Waals surface area contributed by atoms with Crippen LogP contribution in [0.2, 0.25) is 0 Å². The zero-order chi connectivity index (χ0) is 22.5. The number of hydrogen-bond acceptors (Lipinski definition) is 9. The molecule has 0 spiro atoms. The molecule has 2 aromatic heterocycles. The van der Waals surface area contributed by atoms with Gasteiger partial charge in [-0.25, -0.2) is 25.4 Å². The fourth-order valence-electron chi connectivity index (χ4n) is 3.40. The Balaban J connectivity index is 1.36. The maximum absolute atomic E-state index is 5.93. The summed E-state index contributed by atoms with van der Waals surface area (Å²) in [5.41, 5.74) is 7.39. The average Bonchev–Trinajstić information content (AvgIpc) is 3.36. The fraction of sp³-hybridized carbons (Fsp3) is 0.125. The number of terminal acetylenes is 1. The molecule has 9 nitrogen and oxygen atoms in total. The van der Waals surface area contributed by atoms with Crippen LogP contribution in [0.1, 0.15) is 16.7 Å². The van der Waals surface area contributed by atoms with Crippen molar-refractivity contribution >= 4 is 28.9 Å². The molecule has 33 heavy (non-hydrogen) atoms.